The lowest BCUT2D eigenvalue weighted by Crippen LogP contribution is -2.22. The van der Waals surface area contributed by atoms with Crippen molar-refractivity contribution in [3.05, 3.63) is 86.0 Å². The van der Waals surface area contributed by atoms with E-state index in [1.165, 1.54) is 35.2 Å². The minimum atomic E-state index is -0.420. The number of carbonyl (C=O) groups is 1. The van der Waals surface area contributed by atoms with Gasteiger partial charge in [-0.15, -0.1) is 11.3 Å². The number of unbranched alkanes of at least 4 members (excludes halogenated alkanes) is 2. The molecule has 4 aromatic rings. The van der Waals surface area contributed by atoms with E-state index in [1.54, 1.807) is 42.0 Å². The van der Waals surface area contributed by atoms with Crippen LogP contribution in [0.1, 0.15) is 31.2 Å². The summed E-state index contributed by atoms with van der Waals surface area (Å²) in [6.07, 6.45) is 2.58. The number of ether oxygens (including phenoxy) is 1. The fraction of sp³-hybridized carbons (Fsp3) is 0.269. The summed E-state index contributed by atoms with van der Waals surface area (Å²) in [5.41, 5.74) is 2.11. The van der Waals surface area contributed by atoms with Crippen molar-refractivity contribution in [1.29, 1.82) is 0 Å². The molecule has 0 saturated carbocycles. The number of benzene rings is 2. The zero-order valence-corrected chi connectivity index (χ0v) is 21.8. The quantitative estimate of drug-likeness (QED) is 0.0789. The second-order valence-corrected chi connectivity index (χ2v) is 10.1. The molecule has 2 aromatic heterocycles. The molecule has 0 aliphatic rings. The van der Waals surface area contributed by atoms with Crippen LogP contribution in [0.5, 0.6) is 5.75 Å². The highest BCUT2D eigenvalue weighted by molar-refractivity contribution is 7.98. The van der Waals surface area contributed by atoms with Crippen molar-refractivity contribution in [2.75, 3.05) is 12.4 Å². The maximum absolute atomic E-state index is 13.1. The molecule has 1 amide bonds. The molecule has 192 valence electrons. The molecule has 0 aliphatic heterocycles. The number of carbonyl (C=O) groups excluding carboxylic acids is 1. The number of amides is 1. The minimum absolute atomic E-state index is 0.0350. The first-order valence-corrected chi connectivity index (χ1v) is 13.6. The Kier molecular flexibility index (Phi) is 8.91. The van der Waals surface area contributed by atoms with Crippen molar-refractivity contribution in [2.24, 2.45) is 0 Å². The zero-order valence-electron chi connectivity index (χ0n) is 20.2. The molecule has 0 aliphatic carbocycles. The highest BCUT2D eigenvalue weighted by Crippen LogP contribution is 2.26. The fourth-order valence-electron chi connectivity index (χ4n) is 3.77. The number of rotatable bonds is 12. The van der Waals surface area contributed by atoms with Crippen LogP contribution in [0.3, 0.4) is 0 Å². The summed E-state index contributed by atoms with van der Waals surface area (Å²) in [6.45, 7) is 0.483. The van der Waals surface area contributed by atoms with Crippen LogP contribution < -0.4 is 15.6 Å². The highest BCUT2D eigenvalue weighted by Gasteiger charge is 2.14. The number of nitro benzene ring substituents is 1. The first kappa shape index (κ1) is 26.4. The van der Waals surface area contributed by atoms with E-state index in [0.717, 1.165) is 29.8 Å². The van der Waals surface area contributed by atoms with Crippen LogP contribution in [0.25, 0.3) is 10.2 Å². The molecule has 1 N–H and O–H groups in total. The van der Waals surface area contributed by atoms with Crippen molar-refractivity contribution in [1.82, 2.24) is 9.55 Å². The van der Waals surface area contributed by atoms with E-state index in [4.69, 9.17) is 4.74 Å². The summed E-state index contributed by atoms with van der Waals surface area (Å²) in [5.74, 6) is 1.12. The predicted molar refractivity (Wildman–Crippen MR) is 147 cm³/mol. The molecule has 4 rings (SSSR count). The standard InChI is InChI=1S/C26H26N4O5S2/c1-35-21-11-9-19(10-12-21)27-23(31)8-3-2-4-14-29-25(32)24-22(13-15-36-24)28-26(29)37-17-18-6-5-7-20(16-18)30(33)34/h5-7,9-13,15-16H,2-4,8,14,17H2,1H3,(H,27,31). The van der Waals surface area contributed by atoms with Gasteiger partial charge in [0.25, 0.3) is 11.2 Å². The molecule has 11 heteroatoms. The molecule has 2 aromatic carbocycles. The number of nitrogens with one attached hydrogen (secondary N) is 1. The van der Waals surface area contributed by atoms with Gasteiger partial charge in [-0.2, -0.15) is 0 Å². The molecule has 0 bridgehead atoms. The highest BCUT2D eigenvalue weighted by atomic mass is 32.2. The number of non-ortho nitro benzene ring substituents is 1. The zero-order chi connectivity index (χ0) is 26.2. The van der Waals surface area contributed by atoms with Gasteiger partial charge in [0.2, 0.25) is 5.91 Å². The summed E-state index contributed by atoms with van der Waals surface area (Å²) in [5, 5.41) is 16.4. The maximum Gasteiger partial charge on any atom is 0.272 e. The van der Waals surface area contributed by atoms with E-state index in [2.05, 4.69) is 10.3 Å². The number of nitrogens with zero attached hydrogens (tertiary/aromatic N) is 3. The van der Waals surface area contributed by atoms with Crippen LogP contribution in [0.2, 0.25) is 0 Å². The first-order valence-electron chi connectivity index (χ1n) is 11.7. The van der Waals surface area contributed by atoms with Gasteiger partial charge in [-0.05, 0) is 54.1 Å². The summed E-state index contributed by atoms with van der Waals surface area (Å²) in [4.78, 5) is 40.8. The number of thiophene rings is 1. The van der Waals surface area contributed by atoms with Crippen LogP contribution in [0, 0.1) is 10.1 Å². The Bertz CT molecular complexity index is 1450. The van der Waals surface area contributed by atoms with Gasteiger partial charge in [-0.1, -0.05) is 30.3 Å². The third-order valence-electron chi connectivity index (χ3n) is 5.68. The van der Waals surface area contributed by atoms with E-state index < -0.39 is 4.92 Å². The van der Waals surface area contributed by atoms with Crippen LogP contribution in [0.15, 0.2) is 69.9 Å². The minimum Gasteiger partial charge on any atom is -0.497 e. The van der Waals surface area contributed by atoms with Crippen molar-refractivity contribution in [3.63, 3.8) is 0 Å². The van der Waals surface area contributed by atoms with Gasteiger partial charge in [0.15, 0.2) is 5.16 Å². The van der Waals surface area contributed by atoms with Gasteiger partial charge < -0.3 is 10.1 Å². The Balaban J connectivity index is 1.34. The molecule has 0 saturated heterocycles. The maximum atomic E-state index is 13.1. The Morgan fingerprint density at radius 2 is 1.97 bits per heavy atom. The fourth-order valence-corrected chi connectivity index (χ4v) is 5.52. The number of aromatic nitrogens is 2. The monoisotopic (exact) mass is 538 g/mol. The molecule has 0 fully saturated rings. The van der Waals surface area contributed by atoms with Crippen LogP contribution in [0.4, 0.5) is 11.4 Å². The van der Waals surface area contributed by atoms with E-state index in [1.807, 2.05) is 17.5 Å². The van der Waals surface area contributed by atoms with Gasteiger partial charge in [0, 0.05) is 36.5 Å². The average molecular weight is 539 g/mol. The molecule has 0 atom stereocenters. The van der Waals surface area contributed by atoms with E-state index in [-0.39, 0.29) is 17.2 Å². The Morgan fingerprint density at radius 3 is 2.73 bits per heavy atom. The number of thioether (sulfide) groups is 1. The lowest BCUT2D eigenvalue weighted by atomic mass is 10.2. The molecular formula is C26H26N4O5S2. The molecule has 37 heavy (non-hydrogen) atoms. The normalized spacial score (nSPS) is 10.9. The van der Waals surface area contributed by atoms with Gasteiger partial charge in [0.1, 0.15) is 10.4 Å². The summed E-state index contributed by atoms with van der Waals surface area (Å²) in [6, 6.07) is 15.5. The molecule has 2 heterocycles. The van der Waals surface area contributed by atoms with E-state index in [9.17, 15) is 19.7 Å². The van der Waals surface area contributed by atoms with E-state index in [0.29, 0.717) is 40.5 Å². The molecule has 9 nitrogen and oxygen atoms in total. The van der Waals surface area contributed by atoms with Crippen LogP contribution in [-0.2, 0) is 17.1 Å². The van der Waals surface area contributed by atoms with Crippen LogP contribution >= 0.6 is 23.1 Å². The number of nitro groups is 1. The Morgan fingerprint density at radius 1 is 1.16 bits per heavy atom. The van der Waals surface area contributed by atoms with Gasteiger partial charge in [0.05, 0.1) is 17.5 Å². The number of hydrogen-bond acceptors (Lipinski definition) is 8. The summed E-state index contributed by atoms with van der Waals surface area (Å²) < 4.78 is 7.41. The van der Waals surface area contributed by atoms with E-state index >= 15 is 0 Å². The van der Waals surface area contributed by atoms with Gasteiger partial charge in [-0.25, -0.2) is 4.98 Å². The van der Waals surface area contributed by atoms with Gasteiger partial charge in [-0.3, -0.25) is 24.3 Å². The van der Waals surface area contributed by atoms with Crippen molar-refractivity contribution in [2.45, 2.75) is 43.1 Å². The van der Waals surface area contributed by atoms with Gasteiger partial charge >= 0.3 is 0 Å². The average Bonchev–Trinajstić information content (AvgIpc) is 3.38. The second kappa shape index (κ2) is 12.5. The number of hydrogen-bond donors (Lipinski definition) is 1. The lowest BCUT2D eigenvalue weighted by molar-refractivity contribution is -0.384. The molecule has 0 spiro atoms. The third kappa shape index (κ3) is 6.95. The molecular weight excluding hydrogens is 512 g/mol. The topological polar surface area (TPSA) is 116 Å². The predicted octanol–water partition coefficient (Wildman–Crippen LogP) is 5.87. The molecule has 0 radical (unpaired) electrons. The van der Waals surface area contributed by atoms with Crippen molar-refractivity contribution >= 4 is 50.6 Å². The van der Waals surface area contributed by atoms with Crippen LogP contribution in [-0.4, -0.2) is 27.5 Å². The largest absolute Gasteiger partial charge is 0.497 e. The lowest BCUT2D eigenvalue weighted by Gasteiger charge is -2.12. The first-order chi connectivity index (χ1) is 17.9. The smallest absolute Gasteiger partial charge is 0.272 e. The number of anilines is 1. The van der Waals surface area contributed by atoms with Crippen molar-refractivity contribution < 1.29 is 14.5 Å². The SMILES string of the molecule is COc1ccc(NC(=O)CCCCCn2c(SCc3cccc([N+](=O)[O-])c3)nc3ccsc3c2=O)cc1. The third-order valence-corrected chi connectivity index (χ3v) is 7.62. The molecule has 0 unspecified atom stereocenters. The second-order valence-electron chi connectivity index (χ2n) is 8.29. The summed E-state index contributed by atoms with van der Waals surface area (Å²) in [7, 11) is 1.59. The Hall–Kier alpha value is -3.70. The number of methoxy groups -OCH3 is 1. The summed E-state index contributed by atoms with van der Waals surface area (Å²) >= 11 is 2.75. The Labute approximate surface area is 221 Å². The van der Waals surface area contributed by atoms with Crippen molar-refractivity contribution in [3.8, 4) is 5.75 Å². The number of fused-ring (bicyclic) bond motifs is 1.